The highest BCUT2D eigenvalue weighted by Gasteiger charge is 2.47. The van der Waals surface area contributed by atoms with Gasteiger partial charge in [0.2, 0.25) is 0 Å². The zero-order valence-electron chi connectivity index (χ0n) is 19.5. The summed E-state index contributed by atoms with van der Waals surface area (Å²) in [6, 6.07) is 29.1. The first-order valence-corrected chi connectivity index (χ1v) is 12.3. The lowest BCUT2D eigenvalue weighted by Gasteiger charge is -2.26. The molecule has 1 heterocycles. The summed E-state index contributed by atoms with van der Waals surface area (Å²) >= 11 is 12.6. The number of ether oxygens (including phenoxy) is 1. The summed E-state index contributed by atoms with van der Waals surface area (Å²) in [5, 5.41) is 11.9. The number of amides is 1. The van der Waals surface area contributed by atoms with E-state index in [1.54, 1.807) is 72.8 Å². The zero-order chi connectivity index (χ0) is 25.9. The minimum absolute atomic E-state index is 0.0148. The second-order valence-electron chi connectivity index (χ2n) is 8.48. The SMILES string of the molecule is O=C1C(=O)N(c2ccc(OCc3ccccc3)c(Cl)c2)C(c2ccc(Cl)cc2)C1=C(O)c1ccccc1. The van der Waals surface area contributed by atoms with Crippen molar-refractivity contribution in [1.82, 2.24) is 0 Å². The molecule has 0 spiro atoms. The Labute approximate surface area is 224 Å². The number of carbonyl (C=O) groups excluding carboxylic acids is 2. The first-order chi connectivity index (χ1) is 17.9. The number of nitrogens with zero attached hydrogens (tertiary/aromatic N) is 1. The molecule has 4 aromatic rings. The van der Waals surface area contributed by atoms with E-state index < -0.39 is 17.7 Å². The van der Waals surface area contributed by atoms with Crippen LogP contribution in [0.4, 0.5) is 5.69 Å². The van der Waals surface area contributed by atoms with E-state index in [0.717, 1.165) is 5.56 Å². The molecule has 1 saturated heterocycles. The molecule has 0 aliphatic carbocycles. The quantitative estimate of drug-likeness (QED) is 0.163. The molecule has 0 saturated carbocycles. The number of hydrogen-bond donors (Lipinski definition) is 1. The Morgan fingerprint density at radius 3 is 2.14 bits per heavy atom. The van der Waals surface area contributed by atoms with Crippen molar-refractivity contribution in [2.24, 2.45) is 0 Å². The molecule has 1 aliphatic rings. The van der Waals surface area contributed by atoms with E-state index in [1.165, 1.54) is 4.90 Å². The minimum Gasteiger partial charge on any atom is -0.507 e. The van der Waals surface area contributed by atoms with E-state index in [4.69, 9.17) is 27.9 Å². The van der Waals surface area contributed by atoms with Crippen molar-refractivity contribution >= 4 is 46.3 Å². The van der Waals surface area contributed by atoms with Gasteiger partial charge in [-0.05, 0) is 41.5 Å². The monoisotopic (exact) mass is 529 g/mol. The van der Waals surface area contributed by atoms with Crippen molar-refractivity contribution in [2.75, 3.05) is 4.90 Å². The Kier molecular flexibility index (Phi) is 6.99. The van der Waals surface area contributed by atoms with Gasteiger partial charge in [-0.1, -0.05) is 96.0 Å². The lowest BCUT2D eigenvalue weighted by Crippen LogP contribution is -2.29. The number of anilines is 1. The molecule has 5 rings (SSSR count). The van der Waals surface area contributed by atoms with Crippen molar-refractivity contribution < 1.29 is 19.4 Å². The maximum atomic E-state index is 13.3. The molecule has 1 unspecified atom stereocenters. The van der Waals surface area contributed by atoms with Crippen molar-refractivity contribution in [3.05, 3.63) is 135 Å². The van der Waals surface area contributed by atoms with Gasteiger partial charge in [-0.25, -0.2) is 0 Å². The molecular formula is C30H21Cl2NO4. The summed E-state index contributed by atoms with van der Waals surface area (Å²) in [5.74, 6) is -1.37. The standard InChI is InChI=1S/C30H21Cl2NO4/c31-22-13-11-20(12-14-22)27-26(28(34)21-9-5-2-6-10-21)29(35)30(36)33(27)23-15-16-25(24(32)17-23)37-18-19-7-3-1-4-8-19/h1-17,27,34H,18H2. The van der Waals surface area contributed by atoms with E-state index in [-0.39, 0.29) is 16.4 Å². The molecule has 1 atom stereocenters. The third-order valence-corrected chi connectivity index (χ3v) is 6.66. The summed E-state index contributed by atoms with van der Waals surface area (Å²) in [5.41, 5.74) is 2.41. The van der Waals surface area contributed by atoms with E-state index in [9.17, 15) is 14.7 Å². The van der Waals surface area contributed by atoms with Gasteiger partial charge in [0, 0.05) is 16.3 Å². The zero-order valence-corrected chi connectivity index (χ0v) is 21.0. The van der Waals surface area contributed by atoms with Crippen molar-refractivity contribution in [3.8, 4) is 5.75 Å². The summed E-state index contributed by atoms with van der Waals surface area (Å²) in [4.78, 5) is 28.0. The Morgan fingerprint density at radius 2 is 1.49 bits per heavy atom. The van der Waals surface area contributed by atoms with Crippen LogP contribution < -0.4 is 9.64 Å². The van der Waals surface area contributed by atoms with Crippen molar-refractivity contribution in [2.45, 2.75) is 12.6 Å². The van der Waals surface area contributed by atoms with Crippen LogP contribution in [0.5, 0.6) is 5.75 Å². The number of ketones is 1. The van der Waals surface area contributed by atoms with Gasteiger partial charge in [-0.2, -0.15) is 0 Å². The lowest BCUT2D eigenvalue weighted by molar-refractivity contribution is -0.132. The molecule has 0 bridgehead atoms. The highest BCUT2D eigenvalue weighted by atomic mass is 35.5. The predicted molar refractivity (Wildman–Crippen MR) is 145 cm³/mol. The van der Waals surface area contributed by atoms with Gasteiger partial charge < -0.3 is 9.84 Å². The number of Topliss-reactive ketones (excluding diaryl/α,β-unsaturated/α-hetero) is 1. The summed E-state index contributed by atoms with van der Waals surface area (Å²) < 4.78 is 5.86. The van der Waals surface area contributed by atoms with Gasteiger partial charge in [0.25, 0.3) is 11.7 Å². The summed E-state index contributed by atoms with van der Waals surface area (Å²) in [7, 11) is 0. The molecule has 1 aliphatic heterocycles. The van der Waals surface area contributed by atoms with E-state index in [1.807, 2.05) is 30.3 Å². The number of hydrogen-bond acceptors (Lipinski definition) is 4. The first kappa shape index (κ1) is 24.6. The predicted octanol–water partition coefficient (Wildman–Crippen LogP) is 7.20. The maximum Gasteiger partial charge on any atom is 0.300 e. The molecular weight excluding hydrogens is 509 g/mol. The van der Waals surface area contributed by atoms with Crippen LogP contribution in [-0.2, 0) is 16.2 Å². The van der Waals surface area contributed by atoms with Gasteiger partial charge in [-0.3, -0.25) is 14.5 Å². The number of aliphatic hydroxyl groups excluding tert-OH is 1. The Balaban J connectivity index is 1.56. The Bertz CT molecular complexity index is 1490. The average molecular weight is 530 g/mol. The third-order valence-electron chi connectivity index (χ3n) is 6.11. The number of carbonyl (C=O) groups is 2. The van der Waals surface area contributed by atoms with Crippen LogP contribution in [-0.4, -0.2) is 16.8 Å². The number of aliphatic hydroxyl groups is 1. The second-order valence-corrected chi connectivity index (χ2v) is 9.32. The molecule has 1 fully saturated rings. The first-order valence-electron chi connectivity index (χ1n) is 11.5. The van der Waals surface area contributed by atoms with Crippen LogP contribution in [0.25, 0.3) is 5.76 Å². The molecule has 1 amide bonds. The lowest BCUT2D eigenvalue weighted by atomic mass is 9.95. The summed E-state index contributed by atoms with van der Waals surface area (Å²) in [6.45, 7) is 0.326. The number of rotatable bonds is 6. The number of halogens is 2. The molecule has 0 radical (unpaired) electrons. The van der Waals surface area contributed by atoms with E-state index in [2.05, 4.69) is 0 Å². The van der Waals surface area contributed by atoms with Crippen molar-refractivity contribution in [1.29, 1.82) is 0 Å². The molecule has 37 heavy (non-hydrogen) atoms. The van der Waals surface area contributed by atoms with Crippen LogP contribution in [0.2, 0.25) is 10.0 Å². The normalized spacial score (nSPS) is 16.7. The maximum absolute atomic E-state index is 13.3. The van der Waals surface area contributed by atoms with Crippen LogP contribution in [0.15, 0.2) is 109 Å². The topological polar surface area (TPSA) is 66.8 Å². The van der Waals surface area contributed by atoms with Crippen LogP contribution in [0.3, 0.4) is 0 Å². The number of benzene rings is 4. The van der Waals surface area contributed by atoms with Gasteiger partial charge in [0.15, 0.2) is 0 Å². The Hall–Kier alpha value is -4.06. The fraction of sp³-hybridized carbons (Fsp3) is 0.0667. The molecule has 7 heteroatoms. The van der Waals surface area contributed by atoms with Crippen molar-refractivity contribution in [3.63, 3.8) is 0 Å². The van der Waals surface area contributed by atoms with Crippen LogP contribution in [0, 0.1) is 0 Å². The minimum atomic E-state index is -0.885. The second kappa shape index (κ2) is 10.5. The molecule has 5 nitrogen and oxygen atoms in total. The van der Waals surface area contributed by atoms with Gasteiger partial charge >= 0.3 is 0 Å². The van der Waals surface area contributed by atoms with E-state index in [0.29, 0.717) is 34.2 Å². The van der Waals surface area contributed by atoms with E-state index >= 15 is 0 Å². The smallest absolute Gasteiger partial charge is 0.300 e. The molecule has 1 N–H and O–H groups in total. The Morgan fingerprint density at radius 1 is 0.838 bits per heavy atom. The highest BCUT2D eigenvalue weighted by molar-refractivity contribution is 6.52. The van der Waals surface area contributed by atoms with Crippen LogP contribution in [0.1, 0.15) is 22.7 Å². The molecule has 4 aromatic carbocycles. The largest absolute Gasteiger partial charge is 0.507 e. The fourth-order valence-corrected chi connectivity index (χ4v) is 4.66. The van der Waals surface area contributed by atoms with Crippen LogP contribution >= 0.6 is 23.2 Å². The van der Waals surface area contributed by atoms with Gasteiger partial charge in [0.1, 0.15) is 18.1 Å². The van der Waals surface area contributed by atoms with Gasteiger partial charge in [0.05, 0.1) is 16.6 Å². The molecule has 0 aromatic heterocycles. The summed E-state index contributed by atoms with van der Waals surface area (Å²) in [6.07, 6.45) is 0. The average Bonchev–Trinajstić information content (AvgIpc) is 3.19. The fourth-order valence-electron chi connectivity index (χ4n) is 4.30. The molecule has 184 valence electrons. The third kappa shape index (κ3) is 4.96. The van der Waals surface area contributed by atoms with Gasteiger partial charge in [-0.15, -0.1) is 0 Å². The highest BCUT2D eigenvalue weighted by Crippen LogP contribution is 2.43.